The molecule has 24 heavy (non-hydrogen) atoms. The highest BCUT2D eigenvalue weighted by Gasteiger charge is 2.24. The number of hydrogen-bond acceptors (Lipinski definition) is 4. The molecule has 0 atom stereocenters. The number of nitrogens with zero attached hydrogens (tertiary/aromatic N) is 1. The maximum atomic E-state index is 12.5. The van der Waals surface area contributed by atoms with Crippen LogP contribution in [-0.2, 0) is 4.79 Å². The number of rotatable bonds is 4. The van der Waals surface area contributed by atoms with Gasteiger partial charge in [-0.05, 0) is 32.6 Å². The standard InChI is InChI=1S/C18H27N3O2S/c1-12-15(17(23)20-14-10-6-3-7-11-14)24-18(19-12)21-16(22)13-8-4-2-5-9-13/h13-14H,2-11H2,1H3,(H,20,23)(H,19,21,22). The number of amides is 2. The van der Waals surface area contributed by atoms with Crippen LogP contribution in [0.15, 0.2) is 0 Å². The van der Waals surface area contributed by atoms with Crippen molar-refractivity contribution >= 4 is 28.3 Å². The summed E-state index contributed by atoms with van der Waals surface area (Å²) in [6, 6.07) is 0.285. The first-order valence-electron chi connectivity index (χ1n) is 9.22. The third kappa shape index (κ3) is 4.35. The lowest BCUT2D eigenvalue weighted by atomic mass is 9.89. The van der Waals surface area contributed by atoms with E-state index in [0.29, 0.717) is 15.7 Å². The van der Waals surface area contributed by atoms with Gasteiger partial charge in [0, 0.05) is 12.0 Å². The Morgan fingerprint density at radius 1 is 1.00 bits per heavy atom. The number of hydrogen-bond donors (Lipinski definition) is 2. The number of anilines is 1. The normalized spacial score (nSPS) is 19.9. The van der Waals surface area contributed by atoms with Crippen LogP contribution >= 0.6 is 11.3 Å². The highest BCUT2D eigenvalue weighted by molar-refractivity contribution is 7.17. The van der Waals surface area contributed by atoms with Gasteiger partial charge in [-0.3, -0.25) is 9.59 Å². The van der Waals surface area contributed by atoms with Gasteiger partial charge in [0.15, 0.2) is 5.13 Å². The van der Waals surface area contributed by atoms with E-state index in [1.54, 1.807) is 0 Å². The third-order valence-electron chi connectivity index (χ3n) is 5.15. The van der Waals surface area contributed by atoms with E-state index in [0.717, 1.165) is 38.5 Å². The van der Waals surface area contributed by atoms with Gasteiger partial charge in [-0.2, -0.15) is 0 Å². The molecule has 0 aromatic carbocycles. The molecule has 2 fully saturated rings. The number of thiazole rings is 1. The average Bonchev–Trinajstić information content (AvgIpc) is 2.97. The minimum absolute atomic E-state index is 0.0462. The van der Waals surface area contributed by atoms with Gasteiger partial charge in [0.05, 0.1) is 5.69 Å². The molecule has 6 heteroatoms. The Morgan fingerprint density at radius 2 is 1.62 bits per heavy atom. The van der Waals surface area contributed by atoms with Crippen molar-refractivity contribution in [2.45, 2.75) is 77.2 Å². The fraction of sp³-hybridized carbons (Fsp3) is 0.722. The van der Waals surface area contributed by atoms with Crippen LogP contribution in [-0.4, -0.2) is 22.8 Å². The highest BCUT2D eigenvalue weighted by atomic mass is 32.1. The summed E-state index contributed by atoms with van der Waals surface area (Å²) in [6.07, 6.45) is 11.2. The summed E-state index contributed by atoms with van der Waals surface area (Å²) in [5.41, 5.74) is 0.701. The van der Waals surface area contributed by atoms with Crippen LogP contribution < -0.4 is 10.6 Å². The van der Waals surface area contributed by atoms with E-state index in [1.165, 1.54) is 37.0 Å². The fourth-order valence-corrected chi connectivity index (χ4v) is 4.60. The van der Waals surface area contributed by atoms with Crippen LogP contribution in [0.1, 0.15) is 79.6 Å². The van der Waals surface area contributed by atoms with Gasteiger partial charge < -0.3 is 10.6 Å². The maximum Gasteiger partial charge on any atom is 0.263 e. The Labute approximate surface area is 147 Å². The summed E-state index contributed by atoms with van der Waals surface area (Å²) in [5.74, 6) is 0.111. The van der Waals surface area contributed by atoms with Crippen LogP contribution in [0.3, 0.4) is 0 Å². The average molecular weight is 350 g/mol. The van der Waals surface area contributed by atoms with Crippen LogP contribution in [0.5, 0.6) is 0 Å². The summed E-state index contributed by atoms with van der Waals surface area (Å²) in [7, 11) is 0. The molecule has 2 saturated carbocycles. The van der Waals surface area contributed by atoms with Gasteiger partial charge in [0.25, 0.3) is 5.91 Å². The minimum Gasteiger partial charge on any atom is -0.349 e. The molecule has 3 rings (SSSR count). The van der Waals surface area contributed by atoms with Crippen LogP contribution in [0.2, 0.25) is 0 Å². The molecule has 0 aliphatic heterocycles. The van der Waals surface area contributed by atoms with Gasteiger partial charge in [-0.1, -0.05) is 49.9 Å². The van der Waals surface area contributed by atoms with Gasteiger partial charge >= 0.3 is 0 Å². The van der Waals surface area contributed by atoms with Crippen molar-refractivity contribution in [1.82, 2.24) is 10.3 Å². The minimum atomic E-state index is -0.0462. The lowest BCUT2D eigenvalue weighted by molar-refractivity contribution is -0.120. The number of carbonyl (C=O) groups is 2. The van der Waals surface area contributed by atoms with Gasteiger partial charge in [0.2, 0.25) is 5.91 Å². The lowest BCUT2D eigenvalue weighted by Gasteiger charge is -2.22. The van der Waals surface area contributed by atoms with Crippen molar-refractivity contribution in [3.05, 3.63) is 10.6 Å². The molecule has 2 aliphatic carbocycles. The molecule has 1 aromatic rings. The zero-order valence-corrected chi connectivity index (χ0v) is 15.2. The SMILES string of the molecule is Cc1nc(NC(=O)C2CCCCC2)sc1C(=O)NC1CCCCC1. The molecule has 0 bridgehead atoms. The largest absolute Gasteiger partial charge is 0.349 e. The molecule has 1 aromatic heterocycles. The van der Waals surface area contributed by atoms with E-state index >= 15 is 0 Å². The van der Waals surface area contributed by atoms with E-state index in [2.05, 4.69) is 15.6 Å². The van der Waals surface area contributed by atoms with Gasteiger partial charge in [-0.25, -0.2) is 4.98 Å². The quantitative estimate of drug-likeness (QED) is 0.862. The van der Waals surface area contributed by atoms with Crippen LogP contribution in [0, 0.1) is 12.8 Å². The van der Waals surface area contributed by atoms with E-state index in [9.17, 15) is 9.59 Å². The summed E-state index contributed by atoms with van der Waals surface area (Å²) >= 11 is 1.29. The first-order chi connectivity index (χ1) is 11.6. The summed E-state index contributed by atoms with van der Waals surface area (Å²) < 4.78 is 0. The molecular formula is C18H27N3O2S. The van der Waals surface area contributed by atoms with Crippen molar-refractivity contribution in [1.29, 1.82) is 0 Å². The second-order valence-electron chi connectivity index (χ2n) is 7.07. The molecule has 2 N–H and O–H groups in total. The number of aromatic nitrogens is 1. The van der Waals surface area contributed by atoms with Crippen LogP contribution in [0.25, 0.3) is 0 Å². The summed E-state index contributed by atoms with van der Waals surface area (Å²) in [4.78, 5) is 29.8. The predicted octanol–water partition coefficient (Wildman–Crippen LogP) is 4.03. The molecule has 0 unspecified atom stereocenters. The fourth-order valence-electron chi connectivity index (χ4n) is 3.73. The monoisotopic (exact) mass is 349 g/mol. The van der Waals surface area contributed by atoms with Crippen molar-refractivity contribution in [3.8, 4) is 0 Å². The second kappa shape index (κ2) is 8.10. The van der Waals surface area contributed by atoms with Crippen molar-refractivity contribution < 1.29 is 9.59 Å². The van der Waals surface area contributed by atoms with Crippen molar-refractivity contribution in [2.75, 3.05) is 5.32 Å². The van der Waals surface area contributed by atoms with E-state index in [4.69, 9.17) is 0 Å². The Balaban J connectivity index is 1.59. The molecule has 0 saturated heterocycles. The number of nitrogens with one attached hydrogen (secondary N) is 2. The molecule has 5 nitrogen and oxygen atoms in total. The third-order valence-corrected chi connectivity index (χ3v) is 6.22. The Morgan fingerprint density at radius 3 is 2.29 bits per heavy atom. The highest BCUT2D eigenvalue weighted by Crippen LogP contribution is 2.28. The second-order valence-corrected chi connectivity index (χ2v) is 8.07. The first kappa shape index (κ1) is 17.4. The summed E-state index contributed by atoms with van der Waals surface area (Å²) in [5, 5.41) is 6.60. The maximum absolute atomic E-state index is 12.5. The Kier molecular flexibility index (Phi) is 5.87. The van der Waals surface area contributed by atoms with Crippen molar-refractivity contribution in [2.24, 2.45) is 5.92 Å². The van der Waals surface area contributed by atoms with Gasteiger partial charge in [0.1, 0.15) is 4.88 Å². The topological polar surface area (TPSA) is 71.1 Å². The molecule has 132 valence electrons. The Bertz CT molecular complexity index is 587. The molecular weight excluding hydrogens is 322 g/mol. The van der Waals surface area contributed by atoms with E-state index < -0.39 is 0 Å². The van der Waals surface area contributed by atoms with E-state index in [-0.39, 0.29) is 23.8 Å². The molecule has 1 heterocycles. The number of carbonyl (C=O) groups excluding carboxylic acids is 2. The molecule has 0 radical (unpaired) electrons. The molecule has 0 spiro atoms. The first-order valence-corrected chi connectivity index (χ1v) is 10.0. The molecule has 2 amide bonds. The molecule has 2 aliphatic rings. The zero-order chi connectivity index (χ0) is 16.9. The lowest BCUT2D eigenvalue weighted by Crippen LogP contribution is -2.36. The summed E-state index contributed by atoms with van der Waals surface area (Å²) in [6.45, 7) is 1.84. The zero-order valence-electron chi connectivity index (χ0n) is 14.4. The predicted molar refractivity (Wildman–Crippen MR) is 96.4 cm³/mol. The van der Waals surface area contributed by atoms with E-state index in [1.807, 2.05) is 6.92 Å². The van der Waals surface area contributed by atoms with Gasteiger partial charge in [-0.15, -0.1) is 0 Å². The number of aryl methyl sites for hydroxylation is 1. The van der Waals surface area contributed by atoms with Crippen LogP contribution in [0.4, 0.5) is 5.13 Å². The smallest absolute Gasteiger partial charge is 0.263 e. The Hall–Kier alpha value is -1.43. The van der Waals surface area contributed by atoms with Crippen molar-refractivity contribution in [3.63, 3.8) is 0 Å².